The highest BCUT2D eigenvalue weighted by atomic mass is 16.3. The first-order valence-corrected chi connectivity index (χ1v) is 9.20. The number of aliphatic hydroxyl groups is 1. The number of amides is 1. The summed E-state index contributed by atoms with van der Waals surface area (Å²) in [6.45, 7) is 5.22. The summed E-state index contributed by atoms with van der Waals surface area (Å²) in [7, 11) is 0. The monoisotopic (exact) mass is 339 g/mol. The number of para-hydroxylation sites is 1. The fourth-order valence-corrected chi connectivity index (χ4v) is 3.99. The van der Waals surface area contributed by atoms with E-state index in [2.05, 4.69) is 19.1 Å². The summed E-state index contributed by atoms with van der Waals surface area (Å²) in [5.41, 5.74) is 5.05. The van der Waals surface area contributed by atoms with Crippen LogP contribution in [-0.2, 0) is 12.8 Å². The van der Waals surface area contributed by atoms with Crippen LogP contribution >= 0.6 is 0 Å². The van der Waals surface area contributed by atoms with Crippen LogP contribution in [0.15, 0.2) is 24.3 Å². The van der Waals surface area contributed by atoms with Gasteiger partial charge in [-0.1, -0.05) is 25.1 Å². The second-order valence-corrected chi connectivity index (χ2v) is 7.41. The van der Waals surface area contributed by atoms with Crippen molar-refractivity contribution in [2.24, 2.45) is 5.92 Å². The molecule has 0 bridgehead atoms. The Kier molecular flexibility index (Phi) is 4.12. The van der Waals surface area contributed by atoms with E-state index >= 15 is 0 Å². The quantitative estimate of drug-likeness (QED) is 0.915. The largest absolute Gasteiger partial charge is 0.391 e. The molecule has 1 aromatic carbocycles. The highest BCUT2D eigenvalue weighted by Gasteiger charge is 2.33. The van der Waals surface area contributed by atoms with Gasteiger partial charge in [-0.05, 0) is 50.2 Å². The lowest BCUT2D eigenvalue weighted by atomic mass is 9.95. The summed E-state index contributed by atoms with van der Waals surface area (Å²) < 4.78 is 1.97. The average molecular weight is 339 g/mol. The third-order valence-corrected chi connectivity index (χ3v) is 5.68. The van der Waals surface area contributed by atoms with Crippen LogP contribution < -0.4 is 0 Å². The second kappa shape index (κ2) is 6.30. The van der Waals surface area contributed by atoms with Gasteiger partial charge in [0.05, 0.1) is 11.8 Å². The zero-order chi connectivity index (χ0) is 17.6. The highest BCUT2D eigenvalue weighted by molar-refractivity contribution is 5.94. The van der Waals surface area contributed by atoms with E-state index in [4.69, 9.17) is 5.10 Å². The number of β-amino-alcohol motifs (C(OH)–C–C–N with tert-alkyl or cyclic N) is 1. The molecule has 1 aliphatic heterocycles. The van der Waals surface area contributed by atoms with E-state index < -0.39 is 6.10 Å². The smallest absolute Gasteiger partial charge is 0.274 e. The summed E-state index contributed by atoms with van der Waals surface area (Å²) in [5.74, 6) is 0.218. The number of aryl methyl sites for hydroxylation is 1. The molecular weight excluding hydrogens is 314 g/mol. The van der Waals surface area contributed by atoms with E-state index in [9.17, 15) is 9.90 Å². The van der Waals surface area contributed by atoms with E-state index in [0.29, 0.717) is 18.8 Å². The first-order chi connectivity index (χ1) is 12.1. The number of piperidine rings is 1. The number of nitrogens with zero attached hydrogens (tertiary/aromatic N) is 3. The van der Waals surface area contributed by atoms with Crippen LogP contribution in [0, 0.1) is 12.8 Å². The first kappa shape index (κ1) is 16.3. The van der Waals surface area contributed by atoms with Crippen molar-refractivity contribution in [2.75, 3.05) is 13.1 Å². The fraction of sp³-hybridized carbons (Fsp3) is 0.500. The van der Waals surface area contributed by atoms with Gasteiger partial charge in [0, 0.05) is 24.3 Å². The van der Waals surface area contributed by atoms with Crippen LogP contribution in [0.5, 0.6) is 0 Å². The molecule has 0 unspecified atom stereocenters. The van der Waals surface area contributed by atoms with Crippen molar-refractivity contribution < 1.29 is 9.90 Å². The van der Waals surface area contributed by atoms with Gasteiger partial charge >= 0.3 is 0 Å². The molecule has 1 saturated heterocycles. The Bertz CT molecular complexity index is 811. The molecule has 5 heteroatoms. The van der Waals surface area contributed by atoms with Crippen LogP contribution in [0.2, 0.25) is 0 Å². The van der Waals surface area contributed by atoms with Gasteiger partial charge in [-0.25, -0.2) is 4.68 Å². The van der Waals surface area contributed by atoms with Gasteiger partial charge < -0.3 is 10.0 Å². The minimum atomic E-state index is -0.441. The van der Waals surface area contributed by atoms with Crippen molar-refractivity contribution in [3.8, 4) is 5.69 Å². The predicted octanol–water partition coefficient (Wildman–Crippen LogP) is 2.51. The molecule has 2 heterocycles. The maximum absolute atomic E-state index is 13.1. The van der Waals surface area contributed by atoms with Gasteiger partial charge in [0.15, 0.2) is 5.69 Å². The van der Waals surface area contributed by atoms with Crippen LogP contribution in [0.3, 0.4) is 0 Å². The number of aliphatic hydroxyl groups excluding tert-OH is 1. The zero-order valence-electron chi connectivity index (χ0n) is 14.9. The Morgan fingerprint density at radius 3 is 2.84 bits per heavy atom. The molecule has 1 aromatic heterocycles. The van der Waals surface area contributed by atoms with E-state index in [1.165, 1.54) is 5.69 Å². The molecule has 2 aliphatic rings. The molecule has 25 heavy (non-hydrogen) atoms. The van der Waals surface area contributed by atoms with Crippen molar-refractivity contribution in [3.63, 3.8) is 0 Å². The summed E-state index contributed by atoms with van der Waals surface area (Å²) in [5, 5.41) is 14.9. The van der Waals surface area contributed by atoms with Gasteiger partial charge in [0.1, 0.15) is 0 Å². The number of aromatic nitrogens is 2. The Labute approximate surface area is 148 Å². The maximum Gasteiger partial charge on any atom is 0.274 e. The third-order valence-electron chi connectivity index (χ3n) is 5.68. The summed E-state index contributed by atoms with van der Waals surface area (Å²) >= 11 is 0. The number of carbonyl (C=O) groups is 1. The molecule has 1 fully saturated rings. The van der Waals surface area contributed by atoms with Crippen molar-refractivity contribution in [2.45, 2.75) is 45.6 Å². The van der Waals surface area contributed by atoms with E-state index in [-0.39, 0.29) is 11.8 Å². The molecule has 132 valence electrons. The van der Waals surface area contributed by atoms with Crippen molar-refractivity contribution in [1.82, 2.24) is 14.7 Å². The van der Waals surface area contributed by atoms with Crippen molar-refractivity contribution >= 4 is 5.91 Å². The number of hydrogen-bond donors (Lipinski definition) is 1. The predicted molar refractivity (Wildman–Crippen MR) is 96.0 cm³/mol. The van der Waals surface area contributed by atoms with Gasteiger partial charge in [0.2, 0.25) is 0 Å². The second-order valence-electron chi connectivity index (χ2n) is 7.41. The third kappa shape index (κ3) is 2.76. The number of fused-ring (bicyclic) bond motifs is 1. The molecule has 5 nitrogen and oxygen atoms in total. The Hall–Kier alpha value is -2.14. The summed E-state index contributed by atoms with van der Waals surface area (Å²) in [4.78, 5) is 14.9. The van der Waals surface area contributed by atoms with Gasteiger partial charge in [-0.15, -0.1) is 0 Å². The zero-order valence-corrected chi connectivity index (χ0v) is 14.9. The molecule has 0 saturated carbocycles. The minimum Gasteiger partial charge on any atom is -0.391 e. The average Bonchev–Trinajstić information content (AvgIpc) is 3.20. The molecule has 4 rings (SSSR count). The highest BCUT2D eigenvalue weighted by Crippen LogP contribution is 2.30. The number of benzene rings is 1. The topological polar surface area (TPSA) is 58.4 Å². The Morgan fingerprint density at radius 2 is 2.08 bits per heavy atom. The van der Waals surface area contributed by atoms with Gasteiger partial charge in [-0.3, -0.25) is 4.79 Å². The van der Waals surface area contributed by atoms with E-state index in [1.807, 2.05) is 23.7 Å². The van der Waals surface area contributed by atoms with Crippen LogP contribution in [0.25, 0.3) is 5.69 Å². The van der Waals surface area contributed by atoms with Crippen molar-refractivity contribution in [3.05, 3.63) is 46.8 Å². The van der Waals surface area contributed by atoms with Crippen LogP contribution in [-0.4, -0.2) is 44.9 Å². The molecular formula is C20H25N3O2. The maximum atomic E-state index is 13.1. The number of rotatable bonds is 2. The number of carbonyl (C=O) groups excluding carboxylic acids is 1. The molecule has 2 atom stereocenters. The van der Waals surface area contributed by atoms with Crippen molar-refractivity contribution in [1.29, 1.82) is 0 Å². The van der Waals surface area contributed by atoms with E-state index in [1.54, 1.807) is 4.90 Å². The van der Waals surface area contributed by atoms with Crippen LogP contribution in [0.1, 0.15) is 47.1 Å². The summed E-state index contributed by atoms with van der Waals surface area (Å²) in [6.07, 6.45) is 3.34. The number of hydrogen-bond acceptors (Lipinski definition) is 3. The lowest BCUT2D eigenvalue weighted by Gasteiger charge is -2.34. The van der Waals surface area contributed by atoms with Gasteiger partial charge in [0.25, 0.3) is 5.91 Å². The van der Waals surface area contributed by atoms with E-state index in [0.717, 1.165) is 42.5 Å². The molecule has 1 amide bonds. The SMILES string of the molecule is Cc1ccccc1-n1nc(C(=O)N2CC[C@H](C)[C@@H](O)C2)c2c1CCC2. The lowest BCUT2D eigenvalue weighted by Crippen LogP contribution is -2.46. The molecule has 1 N–H and O–H groups in total. The standard InChI is InChI=1S/C20H25N3O2/c1-13-6-3-4-8-16(13)23-17-9-5-7-15(17)19(21-23)20(25)22-11-10-14(2)18(24)12-22/h3-4,6,8,14,18,24H,5,7,9-12H2,1-2H3/t14-,18-/m0/s1. The molecule has 0 spiro atoms. The number of likely N-dealkylation sites (tertiary alicyclic amines) is 1. The molecule has 2 aromatic rings. The summed E-state index contributed by atoms with van der Waals surface area (Å²) in [6, 6.07) is 8.16. The molecule has 1 aliphatic carbocycles. The normalized spacial score (nSPS) is 22.9. The first-order valence-electron chi connectivity index (χ1n) is 9.20. The van der Waals surface area contributed by atoms with Crippen LogP contribution in [0.4, 0.5) is 0 Å². The Morgan fingerprint density at radius 1 is 1.28 bits per heavy atom. The molecule has 0 radical (unpaired) electrons. The lowest BCUT2D eigenvalue weighted by molar-refractivity contribution is 0.0244. The fourth-order valence-electron chi connectivity index (χ4n) is 3.99. The minimum absolute atomic E-state index is 0.0311. The Balaban J connectivity index is 1.71. The van der Waals surface area contributed by atoms with Gasteiger partial charge in [-0.2, -0.15) is 5.10 Å².